The summed E-state index contributed by atoms with van der Waals surface area (Å²) < 4.78 is 0. The van der Waals surface area contributed by atoms with Gasteiger partial charge in [0.2, 0.25) is 0 Å². The molecule has 0 atom stereocenters. The van der Waals surface area contributed by atoms with Crippen LogP contribution in [-0.4, -0.2) is 11.0 Å². The Morgan fingerprint density at radius 2 is 1.81 bits per heavy atom. The topological polar surface area (TPSA) is 54.0 Å². The summed E-state index contributed by atoms with van der Waals surface area (Å²) in [6, 6.07) is 15.0. The Morgan fingerprint density at radius 3 is 2.46 bits per heavy atom. The Kier molecular flexibility index (Phi) is 5.30. The number of carbonyl (C=O) groups is 1. The van der Waals surface area contributed by atoms with Crippen LogP contribution in [0.1, 0.15) is 26.3 Å². The van der Waals surface area contributed by atoms with Crippen LogP contribution in [-0.2, 0) is 5.41 Å². The molecule has 0 bridgehead atoms. The molecule has 0 radical (unpaired) electrons. The smallest absolute Gasteiger partial charge is 0.308 e. The molecule has 0 aliphatic heterocycles. The molecule has 0 unspecified atom stereocenters. The van der Waals surface area contributed by atoms with Gasteiger partial charge in [0.15, 0.2) is 5.13 Å². The molecule has 1 heterocycles. The van der Waals surface area contributed by atoms with Crippen LogP contribution < -0.4 is 10.6 Å². The highest BCUT2D eigenvalue weighted by Gasteiger charge is 2.14. The predicted molar refractivity (Wildman–Crippen MR) is 110 cm³/mol. The fraction of sp³-hybridized carbons (Fsp3) is 0.200. The molecule has 6 heteroatoms. The fourth-order valence-corrected chi connectivity index (χ4v) is 3.34. The Balaban J connectivity index is 1.67. The van der Waals surface area contributed by atoms with Crippen LogP contribution >= 0.6 is 22.9 Å². The zero-order valence-corrected chi connectivity index (χ0v) is 16.4. The minimum Gasteiger partial charge on any atom is -0.308 e. The predicted octanol–water partition coefficient (Wildman–Crippen LogP) is 6.41. The van der Waals surface area contributed by atoms with Crippen LogP contribution in [0.2, 0.25) is 5.02 Å². The molecule has 3 aromatic rings. The SMILES string of the molecule is CC(C)(C)c1ccc(-c2csc(NC(=O)Nc3cccc(Cl)c3)n2)cc1. The Hall–Kier alpha value is -2.37. The lowest BCUT2D eigenvalue weighted by Crippen LogP contribution is -2.19. The summed E-state index contributed by atoms with van der Waals surface area (Å²) in [5.74, 6) is 0. The zero-order chi connectivity index (χ0) is 18.7. The normalized spacial score (nSPS) is 11.2. The van der Waals surface area contributed by atoms with Gasteiger partial charge in [0.1, 0.15) is 0 Å². The standard InChI is InChI=1S/C20H20ClN3OS/c1-20(2,3)14-9-7-13(8-10-14)17-12-26-19(23-17)24-18(25)22-16-6-4-5-15(21)11-16/h4-12H,1-3H3,(H2,22,23,24,25). The summed E-state index contributed by atoms with van der Waals surface area (Å²) in [4.78, 5) is 16.6. The second-order valence-electron chi connectivity index (χ2n) is 6.95. The van der Waals surface area contributed by atoms with Gasteiger partial charge in [0.25, 0.3) is 0 Å². The third-order valence-electron chi connectivity index (χ3n) is 3.85. The highest BCUT2D eigenvalue weighted by atomic mass is 35.5. The maximum atomic E-state index is 12.1. The number of hydrogen-bond acceptors (Lipinski definition) is 3. The number of thiazole rings is 1. The summed E-state index contributed by atoms with van der Waals surface area (Å²) in [6.07, 6.45) is 0. The van der Waals surface area contributed by atoms with E-state index in [1.807, 2.05) is 5.38 Å². The van der Waals surface area contributed by atoms with Crippen LogP contribution in [0.25, 0.3) is 11.3 Å². The van der Waals surface area contributed by atoms with Gasteiger partial charge in [-0.05, 0) is 29.2 Å². The Labute approximate surface area is 162 Å². The molecule has 0 aliphatic rings. The van der Waals surface area contributed by atoms with Crippen LogP contribution in [0.4, 0.5) is 15.6 Å². The number of nitrogens with zero attached hydrogens (tertiary/aromatic N) is 1. The number of benzene rings is 2. The van der Waals surface area contributed by atoms with E-state index >= 15 is 0 Å². The highest BCUT2D eigenvalue weighted by Crippen LogP contribution is 2.28. The molecule has 0 spiro atoms. The highest BCUT2D eigenvalue weighted by molar-refractivity contribution is 7.14. The van der Waals surface area contributed by atoms with Gasteiger partial charge in [-0.1, -0.05) is 62.7 Å². The lowest BCUT2D eigenvalue weighted by Gasteiger charge is -2.18. The van der Waals surface area contributed by atoms with Gasteiger partial charge in [0.05, 0.1) is 5.69 Å². The minimum absolute atomic E-state index is 0.117. The second-order valence-corrected chi connectivity index (χ2v) is 8.25. The van der Waals surface area contributed by atoms with E-state index in [-0.39, 0.29) is 11.4 Å². The van der Waals surface area contributed by atoms with Crippen molar-refractivity contribution in [3.8, 4) is 11.3 Å². The monoisotopic (exact) mass is 385 g/mol. The molecule has 2 amide bonds. The van der Waals surface area contributed by atoms with Crippen molar-refractivity contribution >= 4 is 39.8 Å². The number of hydrogen-bond donors (Lipinski definition) is 2. The van der Waals surface area contributed by atoms with Crippen molar-refractivity contribution in [1.29, 1.82) is 0 Å². The fourth-order valence-electron chi connectivity index (χ4n) is 2.43. The Bertz CT molecular complexity index is 913. The molecule has 0 saturated carbocycles. The molecule has 134 valence electrons. The molecule has 4 nitrogen and oxygen atoms in total. The zero-order valence-electron chi connectivity index (χ0n) is 14.8. The van der Waals surface area contributed by atoms with E-state index in [1.165, 1.54) is 16.9 Å². The van der Waals surface area contributed by atoms with Gasteiger partial charge in [-0.3, -0.25) is 5.32 Å². The first-order valence-corrected chi connectivity index (χ1v) is 9.47. The maximum Gasteiger partial charge on any atom is 0.325 e. The van der Waals surface area contributed by atoms with Crippen LogP contribution in [0.3, 0.4) is 0 Å². The summed E-state index contributed by atoms with van der Waals surface area (Å²) in [7, 11) is 0. The first kappa shape index (κ1) is 18.4. The van der Waals surface area contributed by atoms with Crippen molar-refractivity contribution in [2.24, 2.45) is 0 Å². The summed E-state index contributed by atoms with van der Waals surface area (Å²) in [5, 5.41) is 8.53. The molecular weight excluding hydrogens is 366 g/mol. The number of halogens is 1. The summed E-state index contributed by atoms with van der Waals surface area (Å²) in [5.41, 5.74) is 3.89. The van der Waals surface area contributed by atoms with Crippen molar-refractivity contribution in [3.05, 3.63) is 64.5 Å². The number of urea groups is 1. The number of aromatic nitrogens is 1. The quantitative estimate of drug-likeness (QED) is 0.547. The largest absolute Gasteiger partial charge is 0.325 e. The second kappa shape index (κ2) is 7.48. The van der Waals surface area contributed by atoms with Crippen molar-refractivity contribution < 1.29 is 4.79 Å². The number of amides is 2. The van der Waals surface area contributed by atoms with Gasteiger partial charge in [-0.15, -0.1) is 11.3 Å². The average Bonchev–Trinajstić information content (AvgIpc) is 3.02. The number of rotatable bonds is 3. The van der Waals surface area contributed by atoms with E-state index in [1.54, 1.807) is 24.3 Å². The molecule has 0 fully saturated rings. The summed E-state index contributed by atoms with van der Waals surface area (Å²) in [6.45, 7) is 6.56. The van der Waals surface area contributed by atoms with Gasteiger partial charge in [-0.2, -0.15) is 0 Å². The van der Waals surface area contributed by atoms with Crippen LogP contribution in [0.5, 0.6) is 0 Å². The molecular formula is C20H20ClN3OS. The number of carbonyl (C=O) groups excluding carboxylic acids is 1. The third kappa shape index (κ3) is 4.62. The molecule has 0 saturated heterocycles. The van der Waals surface area contributed by atoms with Crippen molar-refractivity contribution in [3.63, 3.8) is 0 Å². The lowest BCUT2D eigenvalue weighted by atomic mass is 9.86. The first-order chi connectivity index (χ1) is 12.3. The van der Waals surface area contributed by atoms with E-state index in [9.17, 15) is 4.79 Å². The summed E-state index contributed by atoms with van der Waals surface area (Å²) >= 11 is 7.30. The van der Waals surface area contributed by atoms with Gasteiger partial charge in [0, 0.05) is 21.7 Å². The van der Waals surface area contributed by atoms with Crippen molar-refractivity contribution in [1.82, 2.24) is 4.98 Å². The maximum absolute atomic E-state index is 12.1. The molecule has 1 aromatic heterocycles. The van der Waals surface area contributed by atoms with Crippen molar-refractivity contribution in [2.75, 3.05) is 10.6 Å². The molecule has 3 rings (SSSR count). The molecule has 26 heavy (non-hydrogen) atoms. The third-order valence-corrected chi connectivity index (χ3v) is 4.85. The lowest BCUT2D eigenvalue weighted by molar-refractivity contribution is 0.262. The van der Waals surface area contributed by atoms with E-state index in [0.29, 0.717) is 15.8 Å². The number of nitrogens with one attached hydrogen (secondary N) is 2. The van der Waals surface area contributed by atoms with Crippen molar-refractivity contribution in [2.45, 2.75) is 26.2 Å². The van der Waals surface area contributed by atoms with E-state index in [4.69, 9.17) is 11.6 Å². The molecule has 2 aromatic carbocycles. The van der Waals surface area contributed by atoms with E-state index in [0.717, 1.165) is 11.3 Å². The molecule has 0 aliphatic carbocycles. The van der Waals surface area contributed by atoms with Gasteiger partial charge >= 0.3 is 6.03 Å². The number of anilines is 2. The van der Waals surface area contributed by atoms with Gasteiger partial charge < -0.3 is 5.32 Å². The molecule has 2 N–H and O–H groups in total. The minimum atomic E-state index is -0.351. The van der Waals surface area contributed by atoms with E-state index < -0.39 is 0 Å². The Morgan fingerprint density at radius 1 is 1.08 bits per heavy atom. The van der Waals surface area contributed by atoms with Crippen LogP contribution in [0, 0.1) is 0 Å². The van der Waals surface area contributed by atoms with E-state index in [2.05, 4.69) is 60.7 Å². The van der Waals surface area contributed by atoms with Gasteiger partial charge in [-0.25, -0.2) is 9.78 Å². The average molecular weight is 386 g/mol. The first-order valence-electron chi connectivity index (χ1n) is 8.21. The van der Waals surface area contributed by atoms with Crippen LogP contribution in [0.15, 0.2) is 53.9 Å².